The van der Waals surface area contributed by atoms with E-state index in [0.29, 0.717) is 0 Å². The molecule has 2 atom stereocenters. The summed E-state index contributed by atoms with van der Waals surface area (Å²) in [6.45, 7) is 0.895. The van der Waals surface area contributed by atoms with Crippen LogP contribution in [0, 0.1) is 0 Å². The SMILES string of the molecule is CO[C@@H]1C(=O)N2CCCS[C@@]12SC. The molecule has 0 spiro atoms. The van der Waals surface area contributed by atoms with Gasteiger partial charge >= 0.3 is 0 Å². The number of rotatable bonds is 2. The smallest absolute Gasteiger partial charge is 0.257 e. The van der Waals surface area contributed by atoms with Gasteiger partial charge in [-0.3, -0.25) is 4.79 Å². The summed E-state index contributed by atoms with van der Waals surface area (Å²) in [4.78, 5) is 13.5. The molecule has 2 aliphatic rings. The minimum atomic E-state index is -0.229. The molecular formula is C8H13NO2S2. The van der Waals surface area contributed by atoms with Crippen LogP contribution in [0.5, 0.6) is 0 Å². The van der Waals surface area contributed by atoms with E-state index < -0.39 is 0 Å². The molecule has 2 fully saturated rings. The molecular weight excluding hydrogens is 206 g/mol. The highest BCUT2D eigenvalue weighted by atomic mass is 32.2. The van der Waals surface area contributed by atoms with E-state index in [1.165, 1.54) is 0 Å². The van der Waals surface area contributed by atoms with Crippen LogP contribution >= 0.6 is 23.5 Å². The molecule has 74 valence electrons. The lowest BCUT2D eigenvalue weighted by atomic mass is 10.1. The number of carbonyl (C=O) groups is 1. The average Bonchev–Trinajstić information content (AvgIpc) is 2.17. The maximum absolute atomic E-state index is 11.6. The third-order valence-electron chi connectivity index (χ3n) is 2.56. The van der Waals surface area contributed by atoms with E-state index >= 15 is 0 Å². The van der Waals surface area contributed by atoms with Gasteiger partial charge in [0.15, 0.2) is 10.3 Å². The lowest BCUT2D eigenvalue weighted by molar-refractivity contribution is -0.166. The normalized spacial score (nSPS) is 38.5. The zero-order valence-corrected chi connectivity index (χ0v) is 9.41. The molecule has 0 N–H and O–H groups in total. The van der Waals surface area contributed by atoms with Gasteiger partial charge < -0.3 is 9.64 Å². The van der Waals surface area contributed by atoms with Gasteiger partial charge in [0, 0.05) is 13.7 Å². The molecule has 0 aromatic carbocycles. The van der Waals surface area contributed by atoms with Crippen molar-refractivity contribution < 1.29 is 9.53 Å². The third-order valence-corrected chi connectivity index (χ3v) is 5.77. The molecule has 13 heavy (non-hydrogen) atoms. The minimum Gasteiger partial charge on any atom is -0.367 e. The molecule has 2 heterocycles. The Hall–Kier alpha value is 0.130. The van der Waals surface area contributed by atoms with E-state index in [0.717, 1.165) is 18.7 Å². The highest BCUT2D eigenvalue weighted by Crippen LogP contribution is 2.53. The predicted molar refractivity (Wildman–Crippen MR) is 55.8 cm³/mol. The van der Waals surface area contributed by atoms with Gasteiger partial charge in [-0.2, -0.15) is 0 Å². The molecule has 0 aromatic rings. The summed E-state index contributed by atoms with van der Waals surface area (Å²) >= 11 is 3.56. The van der Waals surface area contributed by atoms with Gasteiger partial charge in [0.1, 0.15) is 0 Å². The number of β-lactam (4-membered cyclic amide) rings is 1. The lowest BCUT2D eigenvalue weighted by Crippen LogP contribution is -2.72. The fourth-order valence-electron chi connectivity index (χ4n) is 1.91. The zero-order chi connectivity index (χ0) is 9.47. The summed E-state index contributed by atoms with van der Waals surface area (Å²) < 4.78 is 5.12. The van der Waals surface area contributed by atoms with Gasteiger partial charge in [-0.1, -0.05) is 0 Å². The summed E-state index contributed by atoms with van der Waals surface area (Å²) in [6, 6.07) is 0. The van der Waals surface area contributed by atoms with Crippen LogP contribution in [0.3, 0.4) is 0 Å². The summed E-state index contributed by atoms with van der Waals surface area (Å²) in [7, 11) is 1.62. The van der Waals surface area contributed by atoms with E-state index in [-0.39, 0.29) is 16.2 Å². The first-order valence-corrected chi connectivity index (χ1v) is 6.50. The number of nitrogens with zero attached hydrogens (tertiary/aromatic N) is 1. The maximum Gasteiger partial charge on any atom is 0.257 e. The zero-order valence-electron chi connectivity index (χ0n) is 7.78. The first-order valence-electron chi connectivity index (χ1n) is 4.29. The number of methoxy groups -OCH3 is 1. The van der Waals surface area contributed by atoms with Crippen molar-refractivity contribution in [1.82, 2.24) is 4.90 Å². The number of hydrogen-bond acceptors (Lipinski definition) is 4. The van der Waals surface area contributed by atoms with Gasteiger partial charge in [-0.15, -0.1) is 23.5 Å². The molecule has 5 heteroatoms. The highest BCUT2D eigenvalue weighted by molar-refractivity contribution is 8.18. The van der Waals surface area contributed by atoms with Crippen LogP contribution < -0.4 is 0 Å². The second kappa shape index (κ2) is 3.37. The summed E-state index contributed by atoms with van der Waals surface area (Å²) in [5.41, 5.74) is 0. The molecule has 1 amide bonds. The van der Waals surface area contributed by atoms with Gasteiger partial charge in [0.2, 0.25) is 0 Å². The van der Waals surface area contributed by atoms with Crippen molar-refractivity contribution in [2.45, 2.75) is 16.7 Å². The van der Waals surface area contributed by atoms with Gasteiger partial charge in [-0.25, -0.2) is 0 Å². The predicted octanol–water partition coefficient (Wildman–Crippen LogP) is 0.997. The van der Waals surface area contributed by atoms with Crippen molar-refractivity contribution in [2.75, 3.05) is 25.7 Å². The van der Waals surface area contributed by atoms with Crippen LogP contribution in [0.1, 0.15) is 6.42 Å². The Morgan fingerprint density at radius 1 is 1.77 bits per heavy atom. The van der Waals surface area contributed by atoms with E-state index in [9.17, 15) is 4.79 Å². The highest BCUT2D eigenvalue weighted by Gasteiger charge is 2.62. The van der Waals surface area contributed by atoms with Gasteiger partial charge in [-0.05, 0) is 18.4 Å². The molecule has 0 aliphatic carbocycles. The van der Waals surface area contributed by atoms with Crippen LogP contribution in [0.15, 0.2) is 0 Å². The van der Waals surface area contributed by atoms with Crippen molar-refractivity contribution >= 4 is 29.4 Å². The Balaban J connectivity index is 2.20. The fraction of sp³-hybridized carbons (Fsp3) is 0.875. The summed E-state index contributed by atoms with van der Waals surface area (Å²) in [5.74, 6) is 1.29. The monoisotopic (exact) mass is 219 g/mol. The van der Waals surface area contributed by atoms with Crippen LogP contribution in [-0.2, 0) is 9.53 Å². The minimum absolute atomic E-state index is 0.107. The molecule has 2 saturated heterocycles. The molecule has 2 aliphatic heterocycles. The average molecular weight is 219 g/mol. The van der Waals surface area contributed by atoms with Crippen LogP contribution in [0.4, 0.5) is 0 Å². The largest absolute Gasteiger partial charge is 0.367 e. The van der Waals surface area contributed by atoms with Crippen molar-refractivity contribution in [3.63, 3.8) is 0 Å². The molecule has 0 bridgehead atoms. The van der Waals surface area contributed by atoms with Crippen LogP contribution in [-0.4, -0.2) is 46.8 Å². The Morgan fingerprint density at radius 3 is 3.15 bits per heavy atom. The number of ether oxygens (including phenoxy) is 1. The summed E-state index contributed by atoms with van der Waals surface area (Å²) in [5, 5.41) is 0. The Bertz CT molecular complexity index is 226. The van der Waals surface area contributed by atoms with Crippen molar-refractivity contribution in [2.24, 2.45) is 0 Å². The number of hydrogen-bond donors (Lipinski definition) is 0. The number of amides is 1. The molecule has 2 rings (SSSR count). The second-order valence-electron chi connectivity index (χ2n) is 3.14. The number of carbonyl (C=O) groups excluding carboxylic acids is 1. The second-order valence-corrected chi connectivity index (χ2v) is 5.75. The number of thioether (sulfide) groups is 2. The molecule has 3 nitrogen and oxygen atoms in total. The van der Waals surface area contributed by atoms with Crippen molar-refractivity contribution in [3.8, 4) is 0 Å². The van der Waals surface area contributed by atoms with Crippen molar-refractivity contribution in [3.05, 3.63) is 0 Å². The van der Waals surface area contributed by atoms with E-state index in [1.807, 2.05) is 22.9 Å². The maximum atomic E-state index is 11.6. The quantitative estimate of drug-likeness (QED) is 0.648. The van der Waals surface area contributed by atoms with Crippen LogP contribution in [0.25, 0.3) is 0 Å². The van der Waals surface area contributed by atoms with E-state index in [2.05, 4.69) is 0 Å². The third kappa shape index (κ3) is 1.13. The van der Waals surface area contributed by atoms with Crippen molar-refractivity contribution in [1.29, 1.82) is 0 Å². The van der Waals surface area contributed by atoms with E-state index in [4.69, 9.17) is 4.74 Å². The first-order chi connectivity index (χ1) is 6.26. The Kier molecular flexibility index (Phi) is 2.51. The first kappa shape index (κ1) is 9.68. The topological polar surface area (TPSA) is 29.5 Å². The van der Waals surface area contributed by atoms with Gasteiger partial charge in [0.05, 0.1) is 0 Å². The van der Waals surface area contributed by atoms with Gasteiger partial charge in [0.25, 0.3) is 5.91 Å². The molecule has 0 saturated carbocycles. The van der Waals surface area contributed by atoms with E-state index in [1.54, 1.807) is 18.9 Å². The molecule has 0 aromatic heterocycles. The lowest BCUT2D eigenvalue weighted by Gasteiger charge is -2.57. The Labute approximate surface area is 86.6 Å². The Morgan fingerprint density at radius 2 is 2.54 bits per heavy atom. The number of fused-ring (bicyclic) bond motifs is 1. The van der Waals surface area contributed by atoms with Crippen LogP contribution in [0.2, 0.25) is 0 Å². The molecule has 0 unspecified atom stereocenters. The standard InChI is InChI=1S/C8H13NO2S2/c1-11-6-7(10)9-4-3-5-13-8(6,9)12-2/h6H,3-5H2,1-2H3/t6-,8+/m1/s1. The fourth-order valence-corrected chi connectivity index (χ4v) is 4.70. The molecule has 0 radical (unpaired) electrons. The summed E-state index contributed by atoms with van der Waals surface area (Å²) in [6.07, 6.45) is 2.92.